The largest absolute Gasteiger partial charge is 0.507 e. The number of ether oxygens (including phenoxy) is 3. The van der Waals surface area contributed by atoms with E-state index in [-0.39, 0.29) is 59.1 Å². The van der Waals surface area contributed by atoms with Gasteiger partial charge in [-0.2, -0.15) is 13.2 Å². The van der Waals surface area contributed by atoms with Crippen LogP contribution >= 0.6 is 0 Å². The third-order valence-corrected chi connectivity index (χ3v) is 5.76. The molecule has 0 radical (unpaired) electrons. The Hall–Kier alpha value is -3.24. The number of phenolic OH excluding ortho intramolecular Hbond substituents is 1. The van der Waals surface area contributed by atoms with Gasteiger partial charge in [-0.3, -0.25) is 4.79 Å². The number of morpholine rings is 1. The van der Waals surface area contributed by atoms with Crippen molar-refractivity contribution < 1.29 is 41.8 Å². The van der Waals surface area contributed by atoms with Crippen LogP contribution in [0, 0.1) is 0 Å². The Morgan fingerprint density at radius 1 is 1.09 bits per heavy atom. The van der Waals surface area contributed by atoms with Gasteiger partial charge in [0.25, 0.3) is 5.76 Å². The molecule has 3 atom stereocenters. The van der Waals surface area contributed by atoms with Gasteiger partial charge in [-0.05, 0) is 45.0 Å². The lowest BCUT2D eigenvalue weighted by Gasteiger charge is -2.32. The molecule has 2 aromatic carbocycles. The van der Waals surface area contributed by atoms with Gasteiger partial charge in [0.2, 0.25) is 11.2 Å². The van der Waals surface area contributed by atoms with E-state index in [0.29, 0.717) is 13.1 Å². The maximum atomic E-state index is 14.1. The molecular formula is C25H27F3NO6+. The molecule has 0 spiro atoms. The third kappa shape index (κ3) is 5.23. The van der Waals surface area contributed by atoms with Gasteiger partial charge in [0.15, 0.2) is 17.1 Å². The number of hydrogen-bond acceptors (Lipinski definition) is 6. The van der Waals surface area contributed by atoms with Crippen molar-refractivity contribution in [2.24, 2.45) is 0 Å². The summed E-state index contributed by atoms with van der Waals surface area (Å²) in [5, 5.41) is 10.4. The number of halogens is 3. The second kappa shape index (κ2) is 9.79. The van der Waals surface area contributed by atoms with Gasteiger partial charge in [-0.1, -0.05) is 12.1 Å². The van der Waals surface area contributed by atoms with Crippen molar-refractivity contribution in [1.29, 1.82) is 0 Å². The molecule has 3 aromatic rings. The molecule has 10 heteroatoms. The fraction of sp³-hybridized carbons (Fsp3) is 0.400. The summed E-state index contributed by atoms with van der Waals surface area (Å²) in [4.78, 5) is 14.3. The van der Waals surface area contributed by atoms with Crippen LogP contribution in [0.15, 0.2) is 45.6 Å². The van der Waals surface area contributed by atoms with Crippen LogP contribution in [0.1, 0.15) is 32.1 Å². The Balaban J connectivity index is 1.85. The summed E-state index contributed by atoms with van der Waals surface area (Å²) in [6.07, 6.45) is -5.15. The van der Waals surface area contributed by atoms with Gasteiger partial charge in [-0.25, -0.2) is 0 Å². The van der Waals surface area contributed by atoms with Crippen molar-refractivity contribution in [2.75, 3.05) is 19.7 Å². The normalized spacial score (nSPS) is 20.7. The Morgan fingerprint density at radius 2 is 1.74 bits per heavy atom. The SMILES string of the molecule is CCOc1ccccc1Oc1c(C(F)(F)F)oc2c(C[NH+]3C[C@@H](C)O[C@@H](C)C3)c(O)ccc2c1=O. The van der Waals surface area contributed by atoms with E-state index in [2.05, 4.69) is 0 Å². The molecule has 188 valence electrons. The molecular weight excluding hydrogens is 467 g/mol. The standard InChI is InChI=1S/C25H26F3NO6/c1-4-32-19-7-5-6-8-20(19)34-23-21(31)16-9-10-18(30)17(22(16)35-24(23)25(26,27)28)13-29-11-14(2)33-15(3)12-29/h5-10,14-15,30H,4,11-13H2,1-3H3/p+1/t14-,15+. The van der Waals surface area contributed by atoms with E-state index >= 15 is 0 Å². The summed E-state index contributed by atoms with van der Waals surface area (Å²) in [6, 6.07) is 8.64. The lowest BCUT2D eigenvalue weighted by atomic mass is 10.1. The molecule has 1 aliphatic rings. The lowest BCUT2D eigenvalue weighted by molar-refractivity contribution is -0.928. The van der Waals surface area contributed by atoms with Gasteiger partial charge in [-0.15, -0.1) is 0 Å². The maximum Gasteiger partial charge on any atom is 0.453 e. The van der Waals surface area contributed by atoms with Crippen molar-refractivity contribution in [2.45, 2.75) is 45.7 Å². The second-order valence-electron chi connectivity index (χ2n) is 8.60. The molecule has 0 amide bonds. The Labute approximate surface area is 199 Å². The molecule has 1 saturated heterocycles. The number of para-hydroxylation sites is 2. The fourth-order valence-electron chi connectivity index (χ4n) is 4.44. The summed E-state index contributed by atoms with van der Waals surface area (Å²) >= 11 is 0. The lowest BCUT2D eigenvalue weighted by Crippen LogP contribution is -3.14. The number of fused-ring (bicyclic) bond motifs is 1. The number of hydrogen-bond donors (Lipinski definition) is 2. The smallest absolute Gasteiger partial charge is 0.453 e. The number of quaternary nitrogens is 1. The molecule has 1 aliphatic heterocycles. The monoisotopic (exact) mass is 494 g/mol. The van der Waals surface area contributed by atoms with Gasteiger partial charge >= 0.3 is 6.18 Å². The minimum Gasteiger partial charge on any atom is -0.507 e. The number of phenols is 1. The predicted molar refractivity (Wildman–Crippen MR) is 121 cm³/mol. The third-order valence-electron chi connectivity index (χ3n) is 5.76. The van der Waals surface area contributed by atoms with E-state index in [1.165, 1.54) is 24.3 Å². The molecule has 7 nitrogen and oxygen atoms in total. The minimum atomic E-state index is -5.03. The summed E-state index contributed by atoms with van der Waals surface area (Å²) in [6.45, 7) is 7.12. The minimum absolute atomic E-state index is 0.0498. The number of nitrogens with one attached hydrogen (secondary N) is 1. The molecule has 35 heavy (non-hydrogen) atoms. The molecule has 0 bridgehead atoms. The van der Waals surface area contributed by atoms with E-state index in [0.717, 1.165) is 4.90 Å². The van der Waals surface area contributed by atoms with E-state index < -0.39 is 23.1 Å². The molecule has 2 heterocycles. The van der Waals surface area contributed by atoms with Crippen molar-refractivity contribution in [3.8, 4) is 23.0 Å². The number of rotatable bonds is 6. The zero-order valence-corrected chi connectivity index (χ0v) is 19.6. The van der Waals surface area contributed by atoms with E-state index in [1.54, 1.807) is 19.1 Å². The van der Waals surface area contributed by atoms with Crippen LogP contribution in [-0.4, -0.2) is 37.0 Å². The van der Waals surface area contributed by atoms with Gasteiger partial charge in [0.1, 0.15) is 37.6 Å². The van der Waals surface area contributed by atoms with Gasteiger partial charge in [0.05, 0.1) is 17.6 Å². The van der Waals surface area contributed by atoms with Crippen molar-refractivity contribution in [3.05, 3.63) is 57.9 Å². The van der Waals surface area contributed by atoms with Crippen molar-refractivity contribution in [3.63, 3.8) is 0 Å². The summed E-state index contributed by atoms with van der Waals surface area (Å²) in [7, 11) is 0. The highest BCUT2D eigenvalue weighted by Crippen LogP contribution is 2.41. The van der Waals surface area contributed by atoms with E-state index in [9.17, 15) is 23.1 Å². The van der Waals surface area contributed by atoms with Crippen LogP contribution in [-0.2, 0) is 17.5 Å². The molecule has 2 N–H and O–H groups in total. The van der Waals surface area contributed by atoms with E-state index in [4.69, 9.17) is 18.6 Å². The zero-order valence-electron chi connectivity index (χ0n) is 19.6. The second-order valence-corrected chi connectivity index (χ2v) is 8.60. The summed E-state index contributed by atoms with van der Waals surface area (Å²) < 4.78 is 64.1. The molecule has 1 unspecified atom stereocenters. The topological polar surface area (TPSA) is 82.6 Å². The number of benzene rings is 2. The Morgan fingerprint density at radius 3 is 2.37 bits per heavy atom. The first-order valence-corrected chi connectivity index (χ1v) is 11.4. The maximum absolute atomic E-state index is 14.1. The van der Waals surface area contributed by atoms with Crippen molar-refractivity contribution in [1.82, 2.24) is 0 Å². The van der Waals surface area contributed by atoms with Crippen molar-refractivity contribution >= 4 is 11.0 Å². The Bertz CT molecular complexity index is 1260. The van der Waals surface area contributed by atoms with Gasteiger partial charge < -0.3 is 28.6 Å². The quantitative estimate of drug-likeness (QED) is 0.541. The van der Waals surface area contributed by atoms with E-state index in [1.807, 2.05) is 13.8 Å². The van der Waals surface area contributed by atoms with Crippen LogP contribution in [0.5, 0.6) is 23.0 Å². The first-order valence-electron chi connectivity index (χ1n) is 11.4. The molecule has 4 rings (SSSR count). The molecule has 1 aromatic heterocycles. The molecule has 0 saturated carbocycles. The number of aromatic hydroxyl groups is 1. The zero-order chi connectivity index (χ0) is 25.3. The first kappa shape index (κ1) is 24.9. The highest BCUT2D eigenvalue weighted by molar-refractivity contribution is 5.83. The highest BCUT2D eigenvalue weighted by atomic mass is 19.4. The average Bonchev–Trinajstić information content (AvgIpc) is 2.77. The Kier molecular flexibility index (Phi) is 6.95. The van der Waals surface area contributed by atoms with Crippen LogP contribution in [0.25, 0.3) is 11.0 Å². The van der Waals surface area contributed by atoms with Gasteiger partial charge in [0, 0.05) is 0 Å². The van der Waals surface area contributed by atoms with Crippen LogP contribution < -0.4 is 19.8 Å². The summed E-state index contributed by atoms with van der Waals surface area (Å²) in [5.74, 6) is -2.68. The fourth-order valence-corrected chi connectivity index (χ4v) is 4.44. The highest BCUT2D eigenvalue weighted by Gasteiger charge is 2.41. The number of alkyl halides is 3. The molecule has 0 aliphatic carbocycles. The van der Waals surface area contributed by atoms with Crippen LogP contribution in [0.2, 0.25) is 0 Å². The molecule has 1 fully saturated rings. The summed E-state index contributed by atoms with van der Waals surface area (Å²) in [5.41, 5.74) is -1.18. The first-order chi connectivity index (χ1) is 16.6. The van der Waals surface area contributed by atoms with Crippen LogP contribution in [0.3, 0.4) is 0 Å². The predicted octanol–water partition coefficient (Wildman–Crippen LogP) is 3.90. The van der Waals surface area contributed by atoms with Crippen LogP contribution in [0.4, 0.5) is 13.2 Å². The average molecular weight is 494 g/mol.